The largest absolute Gasteiger partial charge is 0.383 e. The molecule has 0 saturated carbocycles. The number of benzene rings is 1. The zero-order valence-electron chi connectivity index (χ0n) is 10.6. The van der Waals surface area contributed by atoms with Gasteiger partial charge in [-0.3, -0.25) is 10.1 Å². The molecule has 0 unspecified atom stereocenters. The molecule has 0 radical (unpaired) electrons. The standard InChI is InChI=1S/C12H17BrN2O3/c1-3-14(6-7-18-2)11-5-4-10(9-13)8-12(11)15(16)17/h4-5,8H,3,6-7,9H2,1-2H3. The van der Waals surface area contributed by atoms with E-state index in [2.05, 4.69) is 15.9 Å². The van der Waals surface area contributed by atoms with Gasteiger partial charge in [-0.2, -0.15) is 0 Å². The van der Waals surface area contributed by atoms with Crippen LogP contribution in [0, 0.1) is 10.1 Å². The van der Waals surface area contributed by atoms with Crippen LogP contribution in [0.1, 0.15) is 12.5 Å². The second-order valence-corrected chi connectivity index (χ2v) is 4.35. The van der Waals surface area contributed by atoms with Gasteiger partial charge >= 0.3 is 0 Å². The van der Waals surface area contributed by atoms with E-state index in [1.54, 1.807) is 19.2 Å². The van der Waals surface area contributed by atoms with Crippen molar-refractivity contribution in [1.82, 2.24) is 0 Å². The predicted molar refractivity (Wildman–Crippen MR) is 75.5 cm³/mol. The lowest BCUT2D eigenvalue weighted by atomic mass is 10.1. The molecule has 0 saturated heterocycles. The Balaban J connectivity index is 3.08. The molecule has 0 aliphatic heterocycles. The topological polar surface area (TPSA) is 55.6 Å². The molecule has 0 spiro atoms. The Hall–Kier alpha value is -1.14. The van der Waals surface area contributed by atoms with Gasteiger partial charge in [0.1, 0.15) is 5.69 Å². The third-order valence-electron chi connectivity index (χ3n) is 2.68. The zero-order chi connectivity index (χ0) is 13.5. The van der Waals surface area contributed by atoms with Crippen molar-refractivity contribution in [2.24, 2.45) is 0 Å². The molecule has 6 heteroatoms. The fraction of sp³-hybridized carbons (Fsp3) is 0.500. The number of alkyl halides is 1. The normalized spacial score (nSPS) is 10.4. The monoisotopic (exact) mass is 316 g/mol. The van der Waals surface area contributed by atoms with Gasteiger partial charge in [-0.15, -0.1) is 0 Å². The van der Waals surface area contributed by atoms with Crippen molar-refractivity contribution in [2.45, 2.75) is 12.3 Å². The number of anilines is 1. The molecule has 5 nitrogen and oxygen atoms in total. The van der Waals surface area contributed by atoms with Crippen LogP contribution in [0.5, 0.6) is 0 Å². The van der Waals surface area contributed by atoms with E-state index in [1.807, 2.05) is 17.9 Å². The SMILES string of the molecule is CCN(CCOC)c1ccc(CBr)cc1[N+](=O)[O-]. The van der Waals surface area contributed by atoms with E-state index in [1.165, 1.54) is 0 Å². The summed E-state index contributed by atoms with van der Waals surface area (Å²) in [5, 5.41) is 11.7. The molecule has 0 bridgehead atoms. The smallest absolute Gasteiger partial charge is 0.292 e. The van der Waals surface area contributed by atoms with Gasteiger partial charge in [0, 0.05) is 31.6 Å². The summed E-state index contributed by atoms with van der Waals surface area (Å²) in [6, 6.07) is 5.31. The zero-order valence-corrected chi connectivity index (χ0v) is 12.1. The van der Waals surface area contributed by atoms with Gasteiger partial charge in [0.15, 0.2) is 0 Å². The highest BCUT2D eigenvalue weighted by molar-refractivity contribution is 9.08. The number of hydrogen-bond acceptors (Lipinski definition) is 4. The molecule has 1 aromatic carbocycles. The average molecular weight is 317 g/mol. The van der Waals surface area contributed by atoms with Crippen LogP contribution in [0.15, 0.2) is 18.2 Å². The lowest BCUT2D eigenvalue weighted by Crippen LogP contribution is -2.27. The number of methoxy groups -OCH3 is 1. The van der Waals surface area contributed by atoms with Gasteiger partial charge in [0.05, 0.1) is 11.5 Å². The van der Waals surface area contributed by atoms with Crippen molar-refractivity contribution in [1.29, 1.82) is 0 Å². The molecule has 0 aliphatic rings. The minimum Gasteiger partial charge on any atom is -0.383 e. The van der Waals surface area contributed by atoms with E-state index >= 15 is 0 Å². The van der Waals surface area contributed by atoms with Crippen LogP contribution >= 0.6 is 15.9 Å². The Morgan fingerprint density at radius 1 is 1.50 bits per heavy atom. The summed E-state index contributed by atoms with van der Waals surface area (Å²) in [5.74, 6) is 0. The van der Waals surface area contributed by atoms with Crippen LogP contribution in [0.4, 0.5) is 11.4 Å². The Bertz CT molecular complexity index is 412. The molecular weight excluding hydrogens is 300 g/mol. The van der Waals surface area contributed by atoms with Crippen LogP contribution in [0.25, 0.3) is 0 Å². The summed E-state index contributed by atoms with van der Waals surface area (Å²) in [6.45, 7) is 3.86. The van der Waals surface area contributed by atoms with Gasteiger partial charge in [0.2, 0.25) is 0 Å². The molecule has 0 amide bonds. The van der Waals surface area contributed by atoms with Crippen molar-refractivity contribution in [3.05, 3.63) is 33.9 Å². The molecule has 0 fully saturated rings. The summed E-state index contributed by atoms with van der Waals surface area (Å²) in [6.07, 6.45) is 0. The molecule has 0 aromatic heterocycles. The first-order valence-corrected chi connectivity index (χ1v) is 6.83. The molecule has 18 heavy (non-hydrogen) atoms. The maximum atomic E-state index is 11.1. The number of rotatable bonds is 7. The number of nitro groups is 1. The molecule has 100 valence electrons. The van der Waals surface area contributed by atoms with Gasteiger partial charge in [-0.05, 0) is 18.6 Å². The van der Waals surface area contributed by atoms with Crippen LogP contribution < -0.4 is 4.90 Å². The minimum atomic E-state index is -0.336. The first-order chi connectivity index (χ1) is 8.63. The van der Waals surface area contributed by atoms with E-state index in [9.17, 15) is 10.1 Å². The van der Waals surface area contributed by atoms with Gasteiger partial charge < -0.3 is 9.64 Å². The summed E-state index contributed by atoms with van der Waals surface area (Å²) >= 11 is 3.31. The Morgan fingerprint density at radius 3 is 2.72 bits per heavy atom. The summed E-state index contributed by atoms with van der Waals surface area (Å²) in [4.78, 5) is 12.7. The molecule has 0 atom stereocenters. The Kier molecular flexibility index (Phi) is 6.07. The first-order valence-electron chi connectivity index (χ1n) is 5.71. The maximum Gasteiger partial charge on any atom is 0.292 e. The second-order valence-electron chi connectivity index (χ2n) is 3.79. The van der Waals surface area contributed by atoms with Gasteiger partial charge in [0.25, 0.3) is 5.69 Å². The van der Waals surface area contributed by atoms with E-state index in [0.717, 1.165) is 5.56 Å². The number of hydrogen-bond donors (Lipinski definition) is 0. The summed E-state index contributed by atoms with van der Waals surface area (Å²) < 4.78 is 5.02. The van der Waals surface area contributed by atoms with E-state index < -0.39 is 0 Å². The quantitative estimate of drug-likeness (QED) is 0.441. The maximum absolute atomic E-state index is 11.1. The highest BCUT2D eigenvalue weighted by atomic mass is 79.9. The van der Waals surface area contributed by atoms with Gasteiger partial charge in [-0.1, -0.05) is 22.0 Å². The van der Waals surface area contributed by atoms with E-state index in [0.29, 0.717) is 30.7 Å². The van der Waals surface area contributed by atoms with Crippen molar-refractivity contribution in [3.63, 3.8) is 0 Å². The predicted octanol–water partition coefficient (Wildman–Crippen LogP) is 2.96. The van der Waals surface area contributed by atoms with Crippen LogP contribution in [0.2, 0.25) is 0 Å². The van der Waals surface area contributed by atoms with Crippen molar-refractivity contribution in [2.75, 3.05) is 31.7 Å². The Morgan fingerprint density at radius 2 is 2.22 bits per heavy atom. The third-order valence-corrected chi connectivity index (χ3v) is 3.33. The van der Waals surface area contributed by atoms with Crippen LogP contribution in [-0.4, -0.2) is 31.7 Å². The lowest BCUT2D eigenvalue weighted by molar-refractivity contribution is -0.384. The number of nitrogens with zero attached hydrogens (tertiary/aromatic N) is 2. The number of nitro benzene ring substituents is 1. The number of ether oxygens (including phenoxy) is 1. The highest BCUT2D eigenvalue weighted by Crippen LogP contribution is 2.29. The molecule has 1 rings (SSSR count). The summed E-state index contributed by atoms with van der Waals surface area (Å²) in [7, 11) is 1.62. The van der Waals surface area contributed by atoms with Crippen molar-refractivity contribution >= 4 is 27.3 Å². The third kappa shape index (κ3) is 3.68. The fourth-order valence-corrected chi connectivity index (χ4v) is 2.06. The number of likely N-dealkylation sites (N-methyl/N-ethyl adjacent to an activating group) is 1. The molecule has 0 aliphatic carbocycles. The highest BCUT2D eigenvalue weighted by Gasteiger charge is 2.18. The van der Waals surface area contributed by atoms with E-state index in [4.69, 9.17) is 4.74 Å². The van der Waals surface area contributed by atoms with Crippen LogP contribution in [0.3, 0.4) is 0 Å². The van der Waals surface area contributed by atoms with Crippen molar-refractivity contribution in [3.8, 4) is 0 Å². The van der Waals surface area contributed by atoms with Gasteiger partial charge in [-0.25, -0.2) is 0 Å². The molecule has 0 N–H and O–H groups in total. The second kappa shape index (κ2) is 7.33. The molecule has 1 aromatic rings. The molecule has 0 heterocycles. The number of halogens is 1. The van der Waals surface area contributed by atoms with Crippen molar-refractivity contribution < 1.29 is 9.66 Å². The van der Waals surface area contributed by atoms with E-state index in [-0.39, 0.29) is 10.6 Å². The van der Waals surface area contributed by atoms with Crippen LogP contribution in [-0.2, 0) is 10.1 Å². The molecular formula is C12H17BrN2O3. The minimum absolute atomic E-state index is 0.143. The first kappa shape index (κ1) is 14.9. The fourth-order valence-electron chi connectivity index (χ4n) is 1.72. The lowest BCUT2D eigenvalue weighted by Gasteiger charge is -2.22. The Labute approximate surface area is 115 Å². The summed E-state index contributed by atoms with van der Waals surface area (Å²) in [5.41, 5.74) is 1.68. The average Bonchev–Trinajstić information content (AvgIpc) is 2.39.